The summed E-state index contributed by atoms with van der Waals surface area (Å²) in [6.07, 6.45) is 3.29. The smallest absolute Gasteiger partial charge is 0.191 e. The Hall–Kier alpha value is -1.01. The minimum absolute atomic E-state index is 0.143. The van der Waals surface area contributed by atoms with Crippen LogP contribution in [0, 0.1) is 0 Å². The summed E-state index contributed by atoms with van der Waals surface area (Å²) >= 11 is 0. The predicted molar refractivity (Wildman–Crippen MR) is 51.3 cm³/mol. The largest absolute Gasteiger partial charge is 0.328 e. The molecule has 1 saturated carbocycles. The quantitative estimate of drug-likeness (QED) is 0.619. The fourth-order valence-electron chi connectivity index (χ4n) is 1.95. The monoisotopic (exact) mass is 196 g/mol. The highest BCUT2D eigenvalue weighted by molar-refractivity contribution is 4.91. The van der Waals surface area contributed by atoms with Gasteiger partial charge in [-0.3, -0.25) is 0 Å². The van der Waals surface area contributed by atoms with Gasteiger partial charge < -0.3 is 11.1 Å². The molecule has 1 fully saturated rings. The van der Waals surface area contributed by atoms with Crippen LogP contribution in [0.4, 0.5) is 0 Å². The Morgan fingerprint density at radius 3 is 3.00 bits per heavy atom. The van der Waals surface area contributed by atoms with Gasteiger partial charge in [0.25, 0.3) is 0 Å². The standard InChI is InChI=1S/C8H16N6/c1-5(8-11-13-14-12-8)10-7-3-2-6(9)4-7/h5-7,10H,2-4,9H2,1H3,(H,11,12,13,14). The lowest BCUT2D eigenvalue weighted by atomic mass is 10.2. The average molecular weight is 196 g/mol. The van der Waals surface area contributed by atoms with Gasteiger partial charge in [-0.1, -0.05) is 5.21 Å². The maximum Gasteiger partial charge on any atom is 0.191 e. The SMILES string of the molecule is CC(NC1CCC(N)C1)c1nn[nH]n1. The average Bonchev–Trinajstić information content (AvgIpc) is 2.75. The molecule has 0 spiro atoms. The number of rotatable bonds is 3. The molecule has 3 atom stereocenters. The molecule has 0 bridgehead atoms. The summed E-state index contributed by atoms with van der Waals surface area (Å²) in [5, 5.41) is 17.3. The van der Waals surface area contributed by atoms with Crippen molar-refractivity contribution in [3.05, 3.63) is 5.82 Å². The van der Waals surface area contributed by atoms with Crippen LogP contribution in [0.15, 0.2) is 0 Å². The van der Waals surface area contributed by atoms with Crippen molar-refractivity contribution in [2.45, 2.75) is 44.3 Å². The summed E-state index contributed by atoms with van der Waals surface area (Å²) < 4.78 is 0. The molecule has 6 heteroatoms. The molecule has 0 amide bonds. The van der Waals surface area contributed by atoms with Gasteiger partial charge >= 0.3 is 0 Å². The number of tetrazole rings is 1. The molecule has 1 aromatic heterocycles. The van der Waals surface area contributed by atoms with Crippen molar-refractivity contribution in [2.24, 2.45) is 5.73 Å². The highest BCUT2D eigenvalue weighted by Crippen LogP contribution is 2.19. The van der Waals surface area contributed by atoms with Crippen molar-refractivity contribution in [1.82, 2.24) is 25.9 Å². The normalized spacial score (nSPS) is 29.3. The molecule has 3 unspecified atom stereocenters. The Morgan fingerprint density at radius 1 is 1.57 bits per heavy atom. The zero-order valence-electron chi connectivity index (χ0n) is 8.27. The molecule has 1 heterocycles. The van der Waals surface area contributed by atoms with Gasteiger partial charge in [-0.25, -0.2) is 0 Å². The molecule has 0 saturated heterocycles. The Bertz CT molecular complexity index is 271. The first-order valence-electron chi connectivity index (χ1n) is 5.00. The summed E-state index contributed by atoms with van der Waals surface area (Å²) in [7, 11) is 0. The van der Waals surface area contributed by atoms with Gasteiger partial charge in [-0.2, -0.15) is 5.21 Å². The summed E-state index contributed by atoms with van der Waals surface area (Å²) in [4.78, 5) is 0. The first-order valence-corrected chi connectivity index (χ1v) is 5.00. The van der Waals surface area contributed by atoms with E-state index in [-0.39, 0.29) is 6.04 Å². The number of nitrogens with zero attached hydrogens (tertiary/aromatic N) is 3. The van der Waals surface area contributed by atoms with E-state index >= 15 is 0 Å². The predicted octanol–water partition coefficient (Wildman–Crippen LogP) is -0.270. The van der Waals surface area contributed by atoms with Gasteiger partial charge in [-0.15, -0.1) is 10.2 Å². The minimum Gasteiger partial charge on any atom is -0.328 e. The zero-order chi connectivity index (χ0) is 9.97. The second kappa shape index (κ2) is 4.02. The van der Waals surface area contributed by atoms with Crippen molar-refractivity contribution in [3.63, 3.8) is 0 Å². The van der Waals surface area contributed by atoms with Crippen LogP contribution in [-0.4, -0.2) is 32.7 Å². The van der Waals surface area contributed by atoms with Crippen LogP contribution in [-0.2, 0) is 0 Å². The molecule has 4 N–H and O–H groups in total. The van der Waals surface area contributed by atoms with E-state index in [4.69, 9.17) is 5.73 Å². The first-order chi connectivity index (χ1) is 6.75. The fourth-order valence-corrected chi connectivity index (χ4v) is 1.95. The third-order valence-corrected chi connectivity index (χ3v) is 2.71. The maximum atomic E-state index is 5.83. The zero-order valence-corrected chi connectivity index (χ0v) is 8.27. The van der Waals surface area contributed by atoms with E-state index in [1.54, 1.807) is 0 Å². The lowest BCUT2D eigenvalue weighted by Gasteiger charge is -2.16. The number of hydrogen-bond donors (Lipinski definition) is 3. The second-order valence-corrected chi connectivity index (χ2v) is 3.93. The molecule has 0 aromatic carbocycles. The molecule has 14 heavy (non-hydrogen) atoms. The van der Waals surface area contributed by atoms with Crippen LogP contribution in [0.2, 0.25) is 0 Å². The number of nitrogens with one attached hydrogen (secondary N) is 2. The lowest BCUT2D eigenvalue weighted by molar-refractivity contribution is 0.443. The Morgan fingerprint density at radius 2 is 2.43 bits per heavy atom. The third kappa shape index (κ3) is 2.08. The van der Waals surface area contributed by atoms with Gasteiger partial charge in [0.1, 0.15) is 0 Å². The van der Waals surface area contributed by atoms with E-state index in [9.17, 15) is 0 Å². The van der Waals surface area contributed by atoms with Gasteiger partial charge in [0, 0.05) is 12.1 Å². The lowest BCUT2D eigenvalue weighted by Crippen LogP contribution is -2.31. The molecule has 1 aliphatic rings. The van der Waals surface area contributed by atoms with E-state index in [2.05, 4.69) is 25.9 Å². The number of nitrogens with two attached hydrogens (primary N) is 1. The van der Waals surface area contributed by atoms with Crippen LogP contribution >= 0.6 is 0 Å². The topological polar surface area (TPSA) is 92.5 Å². The molecular formula is C8H16N6. The van der Waals surface area contributed by atoms with Gasteiger partial charge in [0.2, 0.25) is 0 Å². The van der Waals surface area contributed by atoms with E-state index in [0.717, 1.165) is 19.3 Å². The molecule has 1 aromatic rings. The van der Waals surface area contributed by atoms with E-state index in [1.165, 1.54) is 0 Å². The number of H-pyrrole nitrogens is 1. The minimum atomic E-state index is 0.143. The van der Waals surface area contributed by atoms with Gasteiger partial charge in [-0.05, 0) is 26.2 Å². The van der Waals surface area contributed by atoms with Crippen molar-refractivity contribution in [1.29, 1.82) is 0 Å². The summed E-state index contributed by atoms with van der Waals surface area (Å²) in [5.74, 6) is 0.713. The molecule has 6 nitrogen and oxygen atoms in total. The summed E-state index contributed by atoms with van der Waals surface area (Å²) in [6, 6.07) is 0.993. The molecule has 0 aliphatic heterocycles. The summed E-state index contributed by atoms with van der Waals surface area (Å²) in [5.41, 5.74) is 5.83. The van der Waals surface area contributed by atoms with Crippen molar-refractivity contribution in [2.75, 3.05) is 0 Å². The van der Waals surface area contributed by atoms with Crippen molar-refractivity contribution < 1.29 is 0 Å². The van der Waals surface area contributed by atoms with E-state index in [1.807, 2.05) is 6.92 Å². The molecule has 1 aliphatic carbocycles. The van der Waals surface area contributed by atoms with E-state index < -0.39 is 0 Å². The van der Waals surface area contributed by atoms with Crippen LogP contribution < -0.4 is 11.1 Å². The van der Waals surface area contributed by atoms with Crippen molar-refractivity contribution >= 4 is 0 Å². The molecule has 78 valence electrons. The molecular weight excluding hydrogens is 180 g/mol. The van der Waals surface area contributed by atoms with E-state index in [0.29, 0.717) is 17.9 Å². The maximum absolute atomic E-state index is 5.83. The summed E-state index contributed by atoms with van der Waals surface area (Å²) in [6.45, 7) is 2.04. The first kappa shape index (κ1) is 9.54. The Balaban J connectivity index is 1.86. The van der Waals surface area contributed by atoms with Gasteiger partial charge in [0.05, 0.1) is 6.04 Å². The number of aromatic amines is 1. The highest BCUT2D eigenvalue weighted by atomic mass is 15.5. The Labute approximate surface area is 82.6 Å². The molecule has 0 radical (unpaired) electrons. The number of aromatic nitrogens is 4. The fraction of sp³-hybridized carbons (Fsp3) is 0.875. The third-order valence-electron chi connectivity index (χ3n) is 2.71. The van der Waals surface area contributed by atoms with Gasteiger partial charge in [0.15, 0.2) is 5.82 Å². The van der Waals surface area contributed by atoms with Crippen molar-refractivity contribution in [3.8, 4) is 0 Å². The van der Waals surface area contributed by atoms with Crippen LogP contribution in [0.3, 0.4) is 0 Å². The number of hydrogen-bond acceptors (Lipinski definition) is 5. The van der Waals surface area contributed by atoms with Crippen LogP contribution in [0.25, 0.3) is 0 Å². The molecule has 2 rings (SSSR count). The van der Waals surface area contributed by atoms with Crippen LogP contribution in [0.1, 0.15) is 38.1 Å². The highest BCUT2D eigenvalue weighted by Gasteiger charge is 2.24. The Kier molecular flexibility index (Phi) is 2.74. The second-order valence-electron chi connectivity index (χ2n) is 3.93. The van der Waals surface area contributed by atoms with Crippen LogP contribution in [0.5, 0.6) is 0 Å².